The molecule has 390 valence electrons. The molecule has 0 rings (SSSR count). The van der Waals surface area contributed by atoms with Gasteiger partial charge in [-0.05, 0) is 51.4 Å². The molecule has 3 N–H and O–H groups in total. The van der Waals surface area contributed by atoms with E-state index in [0.717, 1.165) is 70.6 Å². The fourth-order valence-electron chi connectivity index (χ4n) is 9.21. The minimum atomic E-state index is -0.679. The molecular formula is C60H115NO5. The van der Waals surface area contributed by atoms with Crippen LogP contribution in [0.2, 0.25) is 0 Å². The number of esters is 1. The molecule has 0 aromatic rings. The second-order valence-electron chi connectivity index (χ2n) is 20.3. The van der Waals surface area contributed by atoms with Crippen LogP contribution >= 0.6 is 0 Å². The van der Waals surface area contributed by atoms with Gasteiger partial charge in [0.2, 0.25) is 5.91 Å². The van der Waals surface area contributed by atoms with Crippen molar-refractivity contribution in [2.45, 2.75) is 334 Å². The number of carbonyl (C=O) groups is 2. The Morgan fingerprint density at radius 3 is 1.21 bits per heavy atom. The maximum Gasteiger partial charge on any atom is 0.305 e. The number of carbonyl (C=O) groups excluding carboxylic acids is 2. The van der Waals surface area contributed by atoms with E-state index >= 15 is 0 Å². The van der Waals surface area contributed by atoms with Crippen LogP contribution in [0.5, 0.6) is 0 Å². The Balaban J connectivity index is 3.46. The van der Waals surface area contributed by atoms with E-state index in [0.29, 0.717) is 25.9 Å². The summed E-state index contributed by atoms with van der Waals surface area (Å²) in [5, 5.41) is 23.4. The molecule has 0 saturated heterocycles. The second-order valence-corrected chi connectivity index (χ2v) is 20.3. The summed E-state index contributed by atoms with van der Waals surface area (Å²) >= 11 is 0. The van der Waals surface area contributed by atoms with Crippen molar-refractivity contribution in [1.82, 2.24) is 5.32 Å². The van der Waals surface area contributed by atoms with Gasteiger partial charge in [0.1, 0.15) is 0 Å². The van der Waals surface area contributed by atoms with Gasteiger partial charge in [0.15, 0.2) is 0 Å². The summed E-state index contributed by atoms with van der Waals surface area (Å²) in [5.41, 5.74) is 0. The van der Waals surface area contributed by atoms with Crippen molar-refractivity contribution in [2.75, 3.05) is 13.2 Å². The van der Waals surface area contributed by atoms with Crippen LogP contribution in [0.15, 0.2) is 24.3 Å². The first-order valence-corrected chi connectivity index (χ1v) is 29.6. The predicted molar refractivity (Wildman–Crippen MR) is 287 cm³/mol. The van der Waals surface area contributed by atoms with E-state index in [-0.39, 0.29) is 18.5 Å². The minimum absolute atomic E-state index is 0.0280. The average Bonchev–Trinajstić information content (AvgIpc) is 3.32. The van der Waals surface area contributed by atoms with Crippen LogP contribution in [0.4, 0.5) is 0 Å². The highest BCUT2D eigenvalue weighted by Crippen LogP contribution is 2.18. The molecule has 1 amide bonds. The lowest BCUT2D eigenvalue weighted by Crippen LogP contribution is -2.45. The first-order valence-electron chi connectivity index (χ1n) is 29.6. The number of unbranched alkanes of at least 4 members (excludes halogenated alkanes) is 40. The Bertz CT molecular complexity index is 1030. The molecule has 6 nitrogen and oxygen atoms in total. The van der Waals surface area contributed by atoms with Gasteiger partial charge in [-0.25, -0.2) is 0 Å². The summed E-state index contributed by atoms with van der Waals surface area (Å²) in [6, 6.07) is -0.558. The van der Waals surface area contributed by atoms with Crippen molar-refractivity contribution < 1.29 is 24.5 Å². The SMILES string of the molecule is CCC/C=C\C/C=C\CCCCCCCC(=O)OCCCCCCCCCCCCCC(=O)NC(CO)C(O)CCCCCCCCCCCCCCCCCCCCCCCCCCC. The van der Waals surface area contributed by atoms with Crippen LogP contribution in [0.25, 0.3) is 0 Å². The summed E-state index contributed by atoms with van der Waals surface area (Å²) in [6.45, 7) is 4.86. The van der Waals surface area contributed by atoms with Gasteiger partial charge in [-0.2, -0.15) is 0 Å². The van der Waals surface area contributed by atoms with Crippen molar-refractivity contribution in [3.05, 3.63) is 24.3 Å². The number of amides is 1. The van der Waals surface area contributed by atoms with Crippen LogP contribution in [0, 0.1) is 0 Å². The highest BCUT2D eigenvalue weighted by Gasteiger charge is 2.20. The molecule has 66 heavy (non-hydrogen) atoms. The van der Waals surface area contributed by atoms with Gasteiger partial charge in [-0.15, -0.1) is 0 Å². The molecule has 0 aliphatic heterocycles. The summed E-state index contributed by atoms with van der Waals surface area (Å²) in [6.07, 6.45) is 67.4. The molecule has 0 aromatic carbocycles. The van der Waals surface area contributed by atoms with Crippen molar-refractivity contribution >= 4 is 11.9 Å². The van der Waals surface area contributed by atoms with E-state index in [4.69, 9.17) is 4.74 Å². The van der Waals surface area contributed by atoms with Crippen molar-refractivity contribution in [3.8, 4) is 0 Å². The number of aliphatic hydroxyl groups excluding tert-OH is 2. The number of nitrogens with one attached hydrogen (secondary N) is 1. The number of rotatable bonds is 55. The number of hydrogen-bond donors (Lipinski definition) is 3. The monoisotopic (exact) mass is 930 g/mol. The second kappa shape index (κ2) is 55.9. The van der Waals surface area contributed by atoms with Crippen LogP contribution in [0.3, 0.4) is 0 Å². The Morgan fingerprint density at radius 2 is 0.788 bits per heavy atom. The lowest BCUT2D eigenvalue weighted by molar-refractivity contribution is -0.143. The molecule has 6 heteroatoms. The Hall–Kier alpha value is -1.66. The van der Waals surface area contributed by atoms with Gasteiger partial charge in [0.25, 0.3) is 0 Å². The molecule has 2 unspecified atom stereocenters. The average molecular weight is 931 g/mol. The van der Waals surface area contributed by atoms with Gasteiger partial charge >= 0.3 is 5.97 Å². The van der Waals surface area contributed by atoms with E-state index in [9.17, 15) is 19.8 Å². The molecule has 0 fully saturated rings. The normalized spacial score (nSPS) is 12.7. The maximum atomic E-state index is 12.5. The number of allylic oxidation sites excluding steroid dienone is 4. The third-order valence-electron chi connectivity index (χ3n) is 13.7. The molecule has 0 bridgehead atoms. The first kappa shape index (κ1) is 64.3. The molecular weight excluding hydrogens is 815 g/mol. The standard InChI is InChI=1S/C60H115NO5/c1-3-5-7-9-11-13-15-17-18-19-20-21-22-23-24-25-26-27-28-30-32-36-40-44-48-52-58(63)57(56-62)61-59(64)53-49-45-41-37-33-31-35-39-43-47-51-55-66-60(65)54-50-46-42-38-34-29-16-14-12-10-8-6-4-2/h8,10,14,16,57-58,62-63H,3-7,9,11-13,15,17-56H2,1-2H3,(H,61,64)/b10-8-,16-14-. The third kappa shape index (κ3) is 51.7. The van der Waals surface area contributed by atoms with Crippen LogP contribution in [0.1, 0.15) is 322 Å². The molecule has 2 atom stereocenters. The van der Waals surface area contributed by atoms with Gasteiger partial charge in [0, 0.05) is 12.8 Å². The lowest BCUT2D eigenvalue weighted by Gasteiger charge is -2.22. The molecule has 0 aromatic heterocycles. The molecule has 0 saturated carbocycles. The Labute approximate surface area is 411 Å². The lowest BCUT2D eigenvalue weighted by atomic mass is 10.0. The van der Waals surface area contributed by atoms with Crippen LogP contribution < -0.4 is 5.32 Å². The first-order chi connectivity index (χ1) is 32.5. The highest BCUT2D eigenvalue weighted by molar-refractivity contribution is 5.76. The van der Waals surface area contributed by atoms with E-state index in [1.165, 1.54) is 218 Å². The Kier molecular flexibility index (Phi) is 54.5. The number of aliphatic hydroxyl groups is 2. The predicted octanol–water partition coefficient (Wildman–Crippen LogP) is 18.2. The van der Waals surface area contributed by atoms with E-state index in [1.807, 2.05) is 0 Å². The van der Waals surface area contributed by atoms with Gasteiger partial charge in [-0.3, -0.25) is 9.59 Å². The fourth-order valence-corrected chi connectivity index (χ4v) is 9.21. The quantitative estimate of drug-likeness (QED) is 0.0321. The van der Waals surface area contributed by atoms with Crippen molar-refractivity contribution in [2.24, 2.45) is 0 Å². The molecule has 0 aliphatic carbocycles. The van der Waals surface area contributed by atoms with E-state index in [1.54, 1.807) is 0 Å². The smallest absolute Gasteiger partial charge is 0.305 e. The molecule has 0 heterocycles. The number of hydrogen-bond acceptors (Lipinski definition) is 5. The largest absolute Gasteiger partial charge is 0.466 e. The number of ether oxygens (including phenoxy) is 1. The zero-order chi connectivity index (χ0) is 47.9. The summed E-state index contributed by atoms with van der Waals surface area (Å²) in [5.74, 6) is -0.0796. The van der Waals surface area contributed by atoms with Gasteiger partial charge in [-0.1, -0.05) is 282 Å². The Morgan fingerprint density at radius 1 is 0.424 bits per heavy atom. The van der Waals surface area contributed by atoms with Crippen LogP contribution in [-0.2, 0) is 14.3 Å². The van der Waals surface area contributed by atoms with Crippen molar-refractivity contribution in [1.29, 1.82) is 0 Å². The summed E-state index contributed by atoms with van der Waals surface area (Å²) in [7, 11) is 0. The summed E-state index contributed by atoms with van der Waals surface area (Å²) in [4.78, 5) is 24.5. The fraction of sp³-hybridized carbons (Fsp3) is 0.900. The summed E-state index contributed by atoms with van der Waals surface area (Å²) < 4.78 is 5.45. The van der Waals surface area contributed by atoms with Crippen molar-refractivity contribution in [3.63, 3.8) is 0 Å². The highest BCUT2D eigenvalue weighted by atomic mass is 16.5. The maximum absolute atomic E-state index is 12.5. The minimum Gasteiger partial charge on any atom is -0.466 e. The topological polar surface area (TPSA) is 95.9 Å². The molecule has 0 spiro atoms. The van der Waals surface area contributed by atoms with E-state index < -0.39 is 12.1 Å². The third-order valence-corrected chi connectivity index (χ3v) is 13.7. The van der Waals surface area contributed by atoms with Crippen LogP contribution in [-0.4, -0.2) is 47.4 Å². The molecule has 0 aliphatic rings. The van der Waals surface area contributed by atoms with Gasteiger partial charge < -0.3 is 20.3 Å². The molecule has 0 radical (unpaired) electrons. The van der Waals surface area contributed by atoms with E-state index in [2.05, 4.69) is 43.5 Å². The zero-order valence-corrected chi connectivity index (χ0v) is 44.4. The van der Waals surface area contributed by atoms with Gasteiger partial charge in [0.05, 0.1) is 25.4 Å². The zero-order valence-electron chi connectivity index (χ0n) is 44.4.